The molecule has 1 aromatic rings. The van der Waals surface area contributed by atoms with E-state index in [2.05, 4.69) is 27.4 Å². The van der Waals surface area contributed by atoms with Gasteiger partial charge in [0.25, 0.3) is 0 Å². The lowest BCUT2D eigenvalue weighted by atomic mass is 10.2. The van der Waals surface area contributed by atoms with Crippen LogP contribution < -0.4 is 5.32 Å². The van der Waals surface area contributed by atoms with E-state index in [1.165, 1.54) is 25.7 Å². The van der Waals surface area contributed by atoms with Crippen LogP contribution in [0.25, 0.3) is 0 Å². The number of aromatic nitrogens is 3. The molecule has 0 aliphatic rings. The summed E-state index contributed by atoms with van der Waals surface area (Å²) in [5.41, 5.74) is 1.84. The van der Waals surface area contributed by atoms with Gasteiger partial charge in [0.2, 0.25) is 5.95 Å². The van der Waals surface area contributed by atoms with Gasteiger partial charge in [-0.2, -0.15) is 5.10 Å². The van der Waals surface area contributed by atoms with Crippen molar-refractivity contribution in [1.82, 2.24) is 15.2 Å². The molecule has 0 saturated carbocycles. The summed E-state index contributed by atoms with van der Waals surface area (Å²) in [6, 6.07) is 0. The number of aryl methyl sites for hydroxylation is 2. The lowest BCUT2D eigenvalue weighted by molar-refractivity contribution is 0.682. The van der Waals surface area contributed by atoms with Crippen molar-refractivity contribution in [2.75, 3.05) is 11.9 Å². The van der Waals surface area contributed by atoms with Gasteiger partial charge < -0.3 is 5.32 Å². The number of nitrogens with zero attached hydrogens (tertiary/aromatic N) is 3. The van der Waals surface area contributed by atoms with Gasteiger partial charge in [0.1, 0.15) is 0 Å². The van der Waals surface area contributed by atoms with E-state index in [4.69, 9.17) is 0 Å². The maximum absolute atomic E-state index is 4.31. The highest BCUT2D eigenvalue weighted by Crippen LogP contribution is 2.03. The number of unbranched alkanes of at least 4 members (excludes halogenated alkanes) is 3. The second kappa shape index (κ2) is 6.32. The molecule has 0 aliphatic carbocycles. The van der Waals surface area contributed by atoms with E-state index in [0.717, 1.165) is 17.9 Å². The highest BCUT2D eigenvalue weighted by molar-refractivity contribution is 5.24. The van der Waals surface area contributed by atoms with E-state index >= 15 is 0 Å². The highest BCUT2D eigenvalue weighted by atomic mass is 15.2. The zero-order chi connectivity index (χ0) is 11.1. The lowest BCUT2D eigenvalue weighted by Gasteiger charge is -2.04. The number of anilines is 1. The van der Waals surface area contributed by atoms with Gasteiger partial charge in [-0.25, -0.2) is 4.98 Å². The molecule has 0 aromatic carbocycles. The Kier molecular flexibility index (Phi) is 5.01. The fourth-order valence-corrected chi connectivity index (χ4v) is 1.28. The zero-order valence-electron chi connectivity index (χ0n) is 9.88. The molecule has 0 aliphatic heterocycles. The Labute approximate surface area is 91.5 Å². The van der Waals surface area contributed by atoms with E-state index in [0.29, 0.717) is 5.95 Å². The normalized spacial score (nSPS) is 10.3. The molecule has 0 fully saturated rings. The van der Waals surface area contributed by atoms with E-state index in [1.54, 1.807) is 0 Å². The van der Waals surface area contributed by atoms with Gasteiger partial charge in [0, 0.05) is 6.54 Å². The first-order valence-electron chi connectivity index (χ1n) is 5.66. The molecule has 1 heterocycles. The van der Waals surface area contributed by atoms with Gasteiger partial charge in [0.05, 0.1) is 11.4 Å². The molecular formula is C11H20N4. The third kappa shape index (κ3) is 4.23. The monoisotopic (exact) mass is 208 g/mol. The second-order valence-electron chi connectivity index (χ2n) is 3.79. The predicted molar refractivity (Wildman–Crippen MR) is 61.9 cm³/mol. The molecule has 0 atom stereocenters. The third-order valence-electron chi connectivity index (χ3n) is 2.41. The average molecular weight is 208 g/mol. The van der Waals surface area contributed by atoms with Crippen LogP contribution in [-0.2, 0) is 0 Å². The fraction of sp³-hybridized carbons (Fsp3) is 0.727. The highest BCUT2D eigenvalue weighted by Gasteiger charge is 1.99. The Morgan fingerprint density at radius 3 is 2.47 bits per heavy atom. The van der Waals surface area contributed by atoms with Gasteiger partial charge >= 0.3 is 0 Å². The van der Waals surface area contributed by atoms with Gasteiger partial charge in [-0.3, -0.25) is 0 Å². The van der Waals surface area contributed by atoms with Crippen LogP contribution in [0.1, 0.15) is 44.0 Å². The van der Waals surface area contributed by atoms with Crippen molar-refractivity contribution in [2.24, 2.45) is 0 Å². The molecule has 1 rings (SSSR count). The minimum atomic E-state index is 0.648. The molecule has 0 radical (unpaired) electrons. The SMILES string of the molecule is CCCCCCNc1nnc(C)c(C)n1. The van der Waals surface area contributed by atoms with E-state index in [1.807, 2.05) is 13.8 Å². The Hall–Kier alpha value is -1.19. The first kappa shape index (κ1) is 11.9. The number of hydrogen-bond acceptors (Lipinski definition) is 4. The molecule has 1 N–H and O–H groups in total. The van der Waals surface area contributed by atoms with Crippen molar-refractivity contribution >= 4 is 5.95 Å². The van der Waals surface area contributed by atoms with Crippen molar-refractivity contribution in [3.8, 4) is 0 Å². The molecule has 0 bridgehead atoms. The van der Waals surface area contributed by atoms with Crippen molar-refractivity contribution in [3.05, 3.63) is 11.4 Å². The van der Waals surface area contributed by atoms with Crippen LogP contribution in [0, 0.1) is 13.8 Å². The predicted octanol–water partition coefficient (Wildman–Crippen LogP) is 2.48. The zero-order valence-corrected chi connectivity index (χ0v) is 9.88. The Bertz CT molecular complexity index is 299. The van der Waals surface area contributed by atoms with Gasteiger partial charge in [-0.15, -0.1) is 5.10 Å². The minimum absolute atomic E-state index is 0.648. The van der Waals surface area contributed by atoms with E-state index < -0.39 is 0 Å². The smallest absolute Gasteiger partial charge is 0.242 e. The standard InChI is InChI=1S/C11H20N4/c1-4-5-6-7-8-12-11-13-9(2)10(3)14-15-11/h4-8H2,1-3H3,(H,12,13,15). The van der Waals surface area contributed by atoms with Gasteiger partial charge in [0.15, 0.2) is 0 Å². The largest absolute Gasteiger partial charge is 0.353 e. The first-order valence-corrected chi connectivity index (χ1v) is 5.66. The van der Waals surface area contributed by atoms with Crippen molar-refractivity contribution in [3.63, 3.8) is 0 Å². The lowest BCUT2D eigenvalue weighted by Crippen LogP contribution is -2.08. The Morgan fingerprint density at radius 1 is 1.00 bits per heavy atom. The molecule has 0 amide bonds. The maximum atomic E-state index is 4.31. The number of rotatable bonds is 6. The van der Waals surface area contributed by atoms with Crippen LogP contribution in [0.3, 0.4) is 0 Å². The molecule has 4 nitrogen and oxygen atoms in total. The summed E-state index contributed by atoms with van der Waals surface area (Å²) in [6.07, 6.45) is 5.00. The number of nitrogens with one attached hydrogen (secondary N) is 1. The van der Waals surface area contributed by atoms with Crippen LogP contribution in [0.5, 0.6) is 0 Å². The summed E-state index contributed by atoms with van der Waals surface area (Å²) in [5.74, 6) is 0.648. The molecule has 1 aromatic heterocycles. The van der Waals surface area contributed by atoms with Crippen molar-refractivity contribution < 1.29 is 0 Å². The topological polar surface area (TPSA) is 50.7 Å². The molecule has 0 saturated heterocycles. The summed E-state index contributed by atoms with van der Waals surface area (Å²) >= 11 is 0. The summed E-state index contributed by atoms with van der Waals surface area (Å²) < 4.78 is 0. The molecule has 4 heteroatoms. The van der Waals surface area contributed by atoms with Crippen LogP contribution >= 0.6 is 0 Å². The van der Waals surface area contributed by atoms with E-state index in [9.17, 15) is 0 Å². The van der Waals surface area contributed by atoms with Crippen molar-refractivity contribution in [1.29, 1.82) is 0 Å². The third-order valence-corrected chi connectivity index (χ3v) is 2.41. The van der Waals surface area contributed by atoms with Crippen LogP contribution in [-0.4, -0.2) is 21.7 Å². The summed E-state index contributed by atoms with van der Waals surface area (Å²) in [5, 5.41) is 11.2. The Morgan fingerprint density at radius 2 is 1.80 bits per heavy atom. The fourth-order valence-electron chi connectivity index (χ4n) is 1.28. The van der Waals surface area contributed by atoms with Crippen LogP contribution in [0.15, 0.2) is 0 Å². The summed E-state index contributed by atoms with van der Waals surface area (Å²) in [6.45, 7) is 7.01. The van der Waals surface area contributed by atoms with Gasteiger partial charge in [-0.05, 0) is 20.3 Å². The van der Waals surface area contributed by atoms with Crippen molar-refractivity contribution in [2.45, 2.75) is 46.5 Å². The Balaban J connectivity index is 2.28. The van der Waals surface area contributed by atoms with Crippen LogP contribution in [0.2, 0.25) is 0 Å². The quantitative estimate of drug-likeness (QED) is 0.730. The van der Waals surface area contributed by atoms with Crippen LogP contribution in [0.4, 0.5) is 5.95 Å². The summed E-state index contributed by atoms with van der Waals surface area (Å²) in [7, 11) is 0. The molecular weight excluding hydrogens is 188 g/mol. The number of hydrogen-bond donors (Lipinski definition) is 1. The summed E-state index contributed by atoms with van der Waals surface area (Å²) in [4.78, 5) is 4.31. The molecule has 15 heavy (non-hydrogen) atoms. The van der Waals surface area contributed by atoms with Gasteiger partial charge in [-0.1, -0.05) is 26.2 Å². The minimum Gasteiger partial charge on any atom is -0.353 e. The molecule has 0 unspecified atom stereocenters. The first-order chi connectivity index (χ1) is 7.24. The molecule has 84 valence electrons. The average Bonchev–Trinajstić information content (AvgIpc) is 2.23. The van der Waals surface area contributed by atoms with E-state index in [-0.39, 0.29) is 0 Å². The second-order valence-corrected chi connectivity index (χ2v) is 3.79. The molecule has 0 spiro atoms. The maximum Gasteiger partial charge on any atom is 0.242 e.